The maximum absolute atomic E-state index is 3.94. The van der Waals surface area contributed by atoms with Gasteiger partial charge >= 0.3 is 0 Å². The molecule has 2 nitrogen and oxygen atoms in total. The summed E-state index contributed by atoms with van der Waals surface area (Å²) in [5.41, 5.74) is 0.410. The molecule has 0 spiro atoms. The van der Waals surface area contributed by atoms with Crippen molar-refractivity contribution < 1.29 is 0 Å². The molecule has 0 aromatic carbocycles. The van der Waals surface area contributed by atoms with Crippen LogP contribution in [0.25, 0.3) is 0 Å². The summed E-state index contributed by atoms with van der Waals surface area (Å²) >= 11 is 0. The number of rotatable bonds is 3. The van der Waals surface area contributed by atoms with Crippen molar-refractivity contribution >= 4 is 0 Å². The fourth-order valence-corrected chi connectivity index (χ4v) is 5.60. The van der Waals surface area contributed by atoms with E-state index < -0.39 is 0 Å². The highest BCUT2D eigenvalue weighted by Gasteiger charge is 2.51. The van der Waals surface area contributed by atoms with Crippen molar-refractivity contribution in [1.82, 2.24) is 10.2 Å². The Kier molecular flexibility index (Phi) is 3.20. The first-order chi connectivity index (χ1) is 9.57. The van der Waals surface area contributed by atoms with Crippen molar-refractivity contribution in [2.24, 2.45) is 23.7 Å². The first-order valence-electron chi connectivity index (χ1n) is 9.07. The Morgan fingerprint density at radius 3 is 2.45 bits per heavy atom. The molecule has 5 atom stereocenters. The number of fused-ring (bicyclic) bond motifs is 2. The molecule has 0 aromatic rings. The highest BCUT2D eigenvalue weighted by molar-refractivity contribution is 5.08. The van der Waals surface area contributed by atoms with Crippen molar-refractivity contribution in [3.05, 3.63) is 0 Å². The molecule has 5 unspecified atom stereocenters. The van der Waals surface area contributed by atoms with Gasteiger partial charge in [-0.05, 0) is 62.7 Å². The Morgan fingerprint density at radius 2 is 1.90 bits per heavy atom. The molecule has 2 heteroatoms. The first kappa shape index (κ1) is 13.6. The second kappa shape index (κ2) is 4.71. The van der Waals surface area contributed by atoms with Crippen LogP contribution < -0.4 is 5.32 Å². The summed E-state index contributed by atoms with van der Waals surface area (Å²) in [5, 5.41) is 3.94. The molecule has 0 aromatic heterocycles. The molecule has 4 fully saturated rings. The van der Waals surface area contributed by atoms with Crippen LogP contribution >= 0.6 is 0 Å². The van der Waals surface area contributed by atoms with Gasteiger partial charge in [0.15, 0.2) is 0 Å². The molecule has 1 N–H and O–H groups in total. The largest absolute Gasteiger partial charge is 0.308 e. The Bertz CT molecular complexity index is 376. The van der Waals surface area contributed by atoms with Crippen LogP contribution in [-0.4, -0.2) is 35.6 Å². The predicted molar refractivity (Wildman–Crippen MR) is 83.7 cm³/mol. The van der Waals surface area contributed by atoms with Gasteiger partial charge in [-0.3, -0.25) is 4.90 Å². The van der Waals surface area contributed by atoms with Crippen LogP contribution in [0.15, 0.2) is 0 Å². The van der Waals surface area contributed by atoms with E-state index in [2.05, 4.69) is 31.0 Å². The first-order valence-corrected chi connectivity index (χ1v) is 9.07. The Balaban J connectivity index is 1.55. The highest BCUT2D eigenvalue weighted by Crippen LogP contribution is 2.49. The van der Waals surface area contributed by atoms with Crippen LogP contribution in [0.5, 0.6) is 0 Å². The summed E-state index contributed by atoms with van der Waals surface area (Å²) in [4.78, 5) is 2.98. The highest BCUT2D eigenvalue weighted by atomic mass is 15.3. The summed E-state index contributed by atoms with van der Waals surface area (Å²) in [6, 6.07) is 1.69. The van der Waals surface area contributed by atoms with Crippen molar-refractivity contribution in [1.29, 1.82) is 0 Å². The molecular formula is C18H32N2. The Hall–Kier alpha value is -0.0800. The molecule has 1 aliphatic heterocycles. The molecule has 4 rings (SSSR count). The van der Waals surface area contributed by atoms with E-state index >= 15 is 0 Å². The number of nitrogens with one attached hydrogen (secondary N) is 1. The van der Waals surface area contributed by atoms with Crippen molar-refractivity contribution in [2.45, 2.75) is 76.9 Å². The Morgan fingerprint density at radius 1 is 1.10 bits per heavy atom. The standard InChI is InChI=1S/C18H32N2/c1-12(2)17-10-19-18(3,15-6-7-15)11-20(17)16-9-13-4-5-14(16)8-13/h12-17,19H,4-11H2,1-3H3. The predicted octanol–water partition coefficient (Wildman–Crippen LogP) is 3.27. The van der Waals surface area contributed by atoms with Crippen molar-refractivity contribution in [3.63, 3.8) is 0 Å². The third-order valence-electron chi connectivity index (χ3n) is 7.03. The zero-order valence-electron chi connectivity index (χ0n) is 13.6. The SMILES string of the molecule is CC(C)C1CNC(C)(C2CC2)CN1C1CC2CCC1C2. The third kappa shape index (κ3) is 2.14. The summed E-state index contributed by atoms with van der Waals surface area (Å²) < 4.78 is 0. The van der Waals surface area contributed by atoms with Gasteiger partial charge in [0.05, 0.1) is 0 Å². The molecule has 2 bridgehead atoms. The lowest BCUT2D eigenvalue weighted by molar-refractivity contribution is -0.000101. The van der Waals surface area contributed by atoms with Gasteiger partial charge in [-0.1, -0.05) is 20.3 Å². The molecular weight excluding hydrogens is 244 g/mol. The molecule has 20 heavy (non-hydrogen) atoms. The number of hydrogen-bond donors (Lipinski definition) is 1. The maximum atomic E-state index is 3.94. The van der Waals surface area contributed by atoms with E-state index in [1.54, 1.807) is 6.42 Å². The summed E-state index contributed by atoms with van der Waals surface area (Å²) in [7, 11) is 0. The zero-order chi connectivity index (χ0) is 13.9. The van der Waals surface area contributed by atoms with E-state index in [1.807, 2.05) is 0 Å². The summed E-state index contributed by atoms with van der Waals surface area (Å²) in [6.45, 7) is 9.88. The smallest absolute Gasteiger partial charge is 0.0309 e. The van der Waals surface area contributed by atoms with Crippen LogP contribution in [0.3, 0.4) is 0 Å². The number of piperazine rings is 1. The van der Waals surface area contributed by atoms with Crippen LogP contribution in [-0.2, 0) is 0 Å². The lowest BCUT2D eigenvalue weighted by atomic mass is 9.84. The summed E-state index contributed by atoms with van der Waals surface area (Å²) in [5.74, 6) is 3.84. The van der Waals surface area contributed by atoms with Gasteiger partial charge in [-0.25, -0.2) is 0 Å². The minimum absolute atomic E-state index is 0.410. The van der Waals surface area contributed by atoms with E-state index in [4.69, 9.17) is 0 Å². The Labute approximate surface area is 124 Å². The topological polar surface area (TPSA) is 15.3 Å². The van der Waals surface area contributed by atoms with Gasteiger partial charge in [0.25, 0.3) is 0 Å². The average molecular weight is 276 g/mol. The molecule has 3 saturated carbocycles. The zero-order valence-corrected chi connectivity index (χ0v) is 13.6. The van der Waals surface area contributed by atoms with Crippen molar-refractivity contribution in [2.75, 3.05) is 13.1 Å². The maximum Gasteiger partial charge on any atom is 0.0309 e. The lowest BCUT2D eigenvalue weighted by Crippen LogP contribution is -2.67. The molecule has 3 aliphatic carbocycles. The average Bonchev–Trinajstić information content (AvgIpc) is 3.09. The quantitative estimate of drug-likeness (QED) is 0.851. The molecule has 1 saturated heterocycles. The van der Waals surface area contributed by atoms with Gasteiger partial charge in [-0.15, -0.1) is 0 Å². The van der Waals surface area contributed by atoms with Gasteiger partial charge in [0.1, 0.15) is 0 Å². The van der Waals surface area contributed by atoms with Gasteiger partial charge in [0, 0.05) is 30.7 Å². The van der Waals surface area contributed by atoms with E-state index in [9.17, 15) is 0 Å². The van der Waals surface area contributed by atoms with Crippen LogP contribution in [0.1, 0.15) is 59.3 Å². The molecule has 0 amide bonds. The van der Waals surface area contributed by atoms with E-state index in [-0.39, 0.29) is 0 Å². The van der Waals surface area contributed by atoms with Gasteiger partial charge < -0.3 is 5.32 Å². The lowest BCUT2D eigenvalue weighted by Gasteiger charge is -2.52. The normalized spacial score (nSPS) is 49.2. The van der Waals surface area contributed by atoms with E-state index in [0.717, 1.165) is 35.8 Å². The fraction of sp³-hybridized carbons (Fsp3) is 1.00. The minimum atomic E-state index is 0.410. The van der Waals surface area contributed by atoms with Crippen LogP contribution in [0.4, 0.5) is 0 Å². The summed E-state index contributed by atoms with van der Waals surface area (Å²) in [6.07, 6.45) is 9.01. The second-order valence-corrected chi connectivity index (χ2v) is 8.80. The fourth-order valence-electron chi connectivity index (χ4n) is 5.60. The number of hydrogen-bond acceptors (Lipinski definition) is 2. The molecule has 4 aliphatic rings. The van der Waals surface area contributed by atoms with E-state index in [1.165, 1.54) is 45.2 Å². The van der Waals surface area contributed by atoms with Gasteiger partial charge in [0.2, 0.25) is 0 Å². The number of nitrogens with zero attached hydrogens (tertiary/aromatic N) is 1. The molecule has 1 heterocycles. The van der Waals surface area contributed by atoms with Gasteiger partial charge in [-0.2, -0.15) is 0 Å². The minimum Gasteiger partial charge on any atom is -0.308 e. The third-order valence-corrected chi connectivity index (χ3v) is 7.03. The van der Waals surface area contributed by atoms with Crippen LogP contribution in [0, 0.1) is 23.7 Å². The molecule has 114 valence electrons. The van der Waals surface area contributed by atoms with Crippen LogP contribution in [0.2, 0.25) is 0 Å². The monoisotopic (exact) mass is 276 g/mol. The van der Waals surface area contributed by atoms with Crippen molar-refractivity contribution in [3.8, 4) is 0 Å². The second-order valence-electron chi connectivity index (χ2n) is 8.80. The van der Waals surface area contributed by atoms with E-state index in [0.29, 0.717) is 5.54 Å². The molecule has 0 radical (unpaired) electrons.